The normalized spacial score (nSPS) is 16.5. The van der Waals surface area contributed by atoms with Crippen LogP contribution in [-0.4, -0.2) is 11.4 Å². The van der Waals surface area contributed by atoms with Crippen LogP contribution in [0.2, 0.25) is 0 Å². The standard InChI is InChI=1S/C19H24N2/c1-13-9-14(2)11-17(10-13)15(3)21-8-7-18-16(12-21)5-4-6-19(18)20/h4-6,9-11,15H,7-8,12,20H2,1-3H3. The molecule has 1 aliphatic heterocycles. The van der Waals surface area contributed by atoms with E-state index in [0.717, 1.165) is 25.2 Å². The summed E-state index contributed by atoms with van der Waals surface area (Å²) >= 11 is 0. The highest BCUT2D eigenvalue weighted by molar-refractivity contribution is 5.52. The molecule has 0 fully saturated rings. The van der Waals surface area contributed by atoms with Crippen LogP contribution in [0.15, 0.2) is 36.4 Å². The fourth-order valence-corrected chi connectivity index (χ4v) is 3.45. The molecule has 1 atom stereocenters. The number of nitrogens with zero attached hydrogens (tertiary/aromatic N) is 1. The molecule has 1 unspecified atom stereocenters. The maximum Gasteiger partial charge on any atom is 0.0350 e. The Balaban J connectivity index is 1.85. The molecule has 2 N–H and O–H groups in total. The van der Waals surface area contributed by atoms with Crippen molar-refractivity contribution in [2.75, 3.05) is 12.3 Å². The molecular weight excluding hydrogens is 256 g/mol. The van der Waals surface area contributed by atoms with Gasteiger partial charge in [-0.15, -0.1) is 0 Å². The van der Waals surface area contributed by atoms with E-state index in [4.69, 9.17) is 5.73 Å². The summed E-state index contributed by atoms with van der Waals surface area (Å²) in [6, 6.07) is 13.6. The summed E-state index contributed by atoms with van der Waals surface area (Å²) < 4.78 is 0. The van der Waals surface area contributed by atoms with Crippen molar-refractivity contribution >= 4 is 5.69 Å². The van der Waals surface area contributed by atoms with E-state index in [1.165, 1.54) is 27.8 Å². The number of hydrogen-bond acceptors (Lipinski definition) is 2. The first-order chi connectivity index (χ1) is 10.0. The van der Waals surface area contributed by atoms with Gasteiger partial charge in [0.1, 0.15) is 0 Å². The lowest BCUT2D eigenvalue weighted by Crippen LogP contribution is -2.33. The Labute approximate surface area is 127 Å². The molecule has 110 valence electrons. The van der Waals surface area contributed by atoms with Gasteiger partial charge in [-0.2, -0.15) is 0 Å². The van der Waals surface area contributed by atoms with Gasteiger partial charge in [-0.3, -0.25) is 4.90 Å². The van der Waals surface area contributed by atoms with Gasteiger partial charge in [0.25, 0.3) is 0 Å². The second-order valence-corrected chi connectivity index (χ2v) is 6.30. The molecular formula is C19H24N2. The molecule has 0 aromatic heterocycles. The van der Waals surface area contributed by atoms with Crippen LogP contribution in [0, 0.1) is 13.8 Å². The number of rotatable bonds is 2. The Bertz CT molecular complexity index is 640. The van der Waals surface area contributed by atoms with Crippen molar-refractivity contribution in [2.24, 2.45) is 0 Å². The molecule has 0 saturated heterocycles. The SMILES string of the molecule is Cc1cc(C)cc(C(C)N2CCc3c(N)cccc3C2)c1. The lowest BCUT2D eigenvalue weighted by Gasteiger charge is -2.34. The van der Waals surface area contributed by atoms with E-state index in [2.05, 4.69) is 56.0 Å². The zero-order valence-corrected chi connectivity index (χ0v) is 13.2. The smallest absolute Gasteiger partial charge is 0.0350 e. The van der Waals surface area contributed by atoms with Crippen molar-refractivity contribution in [1.29, 1.82) is 0 Å². The van der Waals surface area contributed by atoms with Crippen molar-refractivity contribution in [3.8, 4) is 0 Å². The molecule has 2 nitrogen and oxygen atoms in total. The highest BCUT2D eigenvalue weighted by Crippen LogP contribution is 2.30. The summed E-state index contributed by atoms with van der Waals surface area (Å²) in [7, 11) is 0. The molecule has 0 bridgehead atoms. The third-order valence-corrected chi connectivity index (χ3v) is 4.61. The summed E-state index contributed by atoms with van der Waals surface area (Å²) in [5.41, 5.74) is 13.9. The van der Waals surface area contributed by atoms with Crippen molar-refractivity contribution in [3.63, 3.8) is 0 Å². The molecule has 2 aromatic carbocycles. The Morgan fingerprint density at radius 2 is 1.81 bits per heavy atom. The number of benzene rings is 2. The summed E-state index contributed by atoms with van der Waals surface area (Å²) in [4.78, 5) is 2.55. The van der Waals surface area contributed by atoms with Crippen molar-refractivity contribution in [2.45, 2.75) is 39.8 Å². The molecule has 1 heterocycles. The lowest BCUT2D eigenvalue weighted by molar-refractivity contribution is 0.192. The quantitative estimate of drug-likeness (QED) is 0.842. The van der Waals surface area contributed by atoms with Crippen LogP contribution < -0.4 is 5.73 Å². The van der Waals surface area contributed by atoms with Crippen molar-refractivity contribution in [1.82, 2.24) is 4.90 Å². The summed E-state index contributed by atoms with van der Waals surface area (Å²) in [5, 5.41) is 0. The van der Waals surface area contributed by atoms with Crippen LogP contribution in [0.5, 0.6) is 0 Å². The average Bonchev–Trinajstić information content (AvgIpc) is 2.45. The van der Waals surface area contributed by atoms with Crippen molar-refractivity contribution < 1.29 is 0 Å². The number of fused-ring (bicyclic) bond motifs is 1. The predicted octanol–water partition coefficient (Wildman–Crippen LogP) is 4.00. The Hall–Kier alpha value is -1.80. The molecule has 0 radical (unpaired) electrons. The highest BCUT2D eigenvalue weighted by Gasteiger charge is 2.22. The molecule has 0 spiro atoms. The molecule has 3 rings (SSSR count). The summed E-state index contributed by atoms with van der Waals surface area (Å²) in [6.07, 6.45) is 1.05. The first kappa shape index (κ1) is 14.2. The predicted molar refractivity (Wildman–Crippen MR) is 89.3 cm³/mol. The number of nitrogens with two attached hydrogens (primary N) is 1. The lowest BCUT2D eigenvalue weighted by atomic mass is 9.94. The van der Waals surface area contributed by atoms with Gasteiger partial charge in [0.2, 0.25) is 0 Å². The number of anilines is 1. The minimum Gasteiger partial charge on any atom is -0.398 e. The monoisotopic (exact) mass is 280 g/mol. The van der Waals surface area contributed by atoms with Gasteiger partial charge in [-0.1, -0.05) is 41.5 Å². The largest absolute Gasteiger partial charge is 0.398 e. The van der Waals surface area contributed by atoms with E-state index < -0.39 is 0 Å². The van der Waals surface area contributed by atoms with Gasteiger partial charge in [0, 0.05) is 24.8 Å². The molecule has 0 amide bonds. The number of aryl methyl sites for hydroxylation is 2. The zero-order chi connectivity index (χ0) is 15.0. The van der Waals surface area contributed by atoms with Crippen LogP contribution >= 0.6 is 0 Å². The molecule has 2 heteroatoms. The van der Waals surface area contributed by atoms with E-state index in [-0.39, 0.29) is 0 Å². The topological polar surface area (TPSA) is 29.3 Å². The molecule has 1 aliphatic rings. The third kappa shape index (κ3) is 2.81. The number of hydrogen-bond donors (Lipinski definition) is 1. The Morgan fingerprint density at radius 3 is 2.52 bits per heavy atom. The fourth-order valence-electron chi connectivity index (χ4n) is 3.45. The van der Waals surface area contributed by atoms with Gasteiger partial charge in [0.05, 0.1) is 0 Å². The van der Waals surface area contributed by atoms with E-state index >= 15 is 0 Å². The van der Waals surface area contributed by atoms with Crippen LogP contribution in [0.1, 0.15) is 40.8 Å². The first-order valence-electron chi connectivity index (χ1n) is 7.73. The van der Waals surface area contributed by atoms with Crippen LogP contribution in [-0.2, 0) is 13.0 Å². The second kappa shape index (κ2) is 5.53. The van der Waals surface area contributed by atoms with Crippen LogP contribution in [0.25, 0.3) is 0 Å². The molecule has 2 aromatic rings. The zero-order valence-electron chi connectivity index (χ0n) is 13.2. The fraction of sp³-hybridized carbons (Fsp3) is 0.368. The minimum atomic E-state index is 0.443. The van der Waals surface area contributed by atoms with Gasteiger partial charge in [-0.25, -0.2) is 0 Å². The van der Waals surface area contributed by atoms with Gasteiger partial charge in [-0.05, 0) is 49.9 Å². The van der Waals surface area contributed by atoms with E-state index in [1.54, 1.807) is 0 Å². The van der Waals surface area contributed by atoms with Gasteiger partial charge in [0.15, 0.2) is 0 Å². The second-order valence-electron chi connectivity index (χ2n) is 6.30. The van der Waals surface area contributed by atoms with Gasteiger partial charge < -0.3 is 5.73 Å². The minimum absolute atomic E-state index is 0.443. The average molecular weight is 280 g/mol. The van der Waals surface area contributed by atoms with Crippen LogP contribution in [0.4, 0.5) is 5.69 Å². The highest BCUT2D eigenvalue weighted by atomic mass is 15.2. The maximum absolute atomic E-state index is 6.10. The molecule has 0 aliphatic carbocycles. The van der Waals surface area contributed by atoms with Gasteiger partial charge >= 0.3 is 0 Å². The molecule has 21 heavy (non-hydrogen) atoms. The Kier molecular flexibility index (Phi) is 3.73. The van der Waals surface area contributed by atoms with Crippen LogP contribution in [0.3, 0.4) is 0 Å². The Morgan fingerprint density at radius 1 is 1.10 bits per heavy atom. The van der Waals surface area contributed by atoms with E-state index in [9.17, 15) is 0 Å². The summed E-state index contributed by atoms with van der Waals surface area (Å²) in [5.74, 6) is 0. The number of nitrogen functional groups attached to an aromatic ring is 1. The summed E-state index contributed by atoms with van der Waals surface area (Å²) in [6.45, 7) is 8.74. The third-order valence-electron chi connectivity index (χ3n) is 4.61. The van der Waals surface area contributed by atoms with E-state index in [1.807, 2.05) is 6.07 Å². The molecule has 0 saturated carbocycles. The van der Waals surface area contributed by atoms with E-state index in [0.29, 0.717) is 6.04 Å². The first-order valence-corrected chi connectivity index (χ1v) is 7.73. The van der Waals surface area contributed by atoms with Crippen molar-refractivity contribution in [3.05, 3.63) is 64.2 Å². The maximum atomic E-state index is 6.10.